The molecule has 0 aliphatic heterocycles. The molecule has 1 N–H and O–H groups in total. The van der Waals surface area contributed by atoms with Crippen molar-refractivity contribution in [3.63, 3.8) is 0 Å². The molecule has 0 spiro atoms. The van der Waals surface area contributed by atoms with Crippen LogP contribution in [0.1, 0.15) is 12.2 Å². The summed E-state index contributed by atoms with van der Waals surface area (Å²) in [5, 5.41) is 0.674. The molecule has 1 aromatic carbocycles. The first-order valence-electron chi connectivity index (χ1n) is 6.93. The predicted octanol–water partition coefficient (Wildman–Crippen LogP) is 1.55. The van der Waals surface area contributed by atoms with Gasteiger partial charge < -0.3 is 13.9 Å². The van der Waals surface area contributed by atoms with Gasteiger partial charge in [-0.05, 0) is 36.4 Å². The van der Waals surface area contributed by atoms with Gasteiger partial charge in [-0.3, -0.25) is 0 Å². The van der Waals surface area contributed by atoms with Crippen LogP contribution in [0.5, 0.6) is 0 Å². The molecule has 0 saturated carbocycles. The van der Waals surface area contributed by atoms with Crippen molar-refractivity contribution >= 4 is 21.7 Å². The highest BCUT2D eigenvalue weighted by atomic mass is 35.5. The van der Waals surface area contributed by atoms with Gasteiger partial charge in [-0.1, -0.05) is 11.6 Å². The maximum Gasteiger partial charge on any atom is 0.158 e. The SMILES string of the molecule is C[NH+](CCCS(=O)(=O)[O-])Cc1ccc(-c2ccc(Cl)cc2)o1. The predicted molar refractivity (Wildman–Crippen MR) is 83.8 cm³/mol. The Morgan fingerprint density at radius 1 is 1.18 bits per heavy atom. The highest BCUT2D eigenvalue weighted by molar-refractivity contribution is 7.85. The van der Waals surface area contributed by atoms with Crippen LogP contribution in [0.2, 0.25) is 5.02 Å². The molecule has 0 saturated heterocycles. The minimum Gasteiger partial charge on any atom is -0.748 e. The third-order valence-electron chi connectivity index (χ3n) is 3.26. The number of nitrogens with one attached hydrogen (secondary N) is 1. The number of hydrogen-bond donors (Lipinski definition) is 1. The first kappa shape index (κ1) is 17.0. The third-order valence-corrected chi connectivity index (χ3v) is 4.30. The maximum atomic E-state index is 10.6. The summed E-state index contributed by atoms with van der Waals surface area (Å²) < 4.78 is 37.5. The summed E-state index contributed by atoms with van der Waals surface area (Å²) in [5.74, 6) is 1.26. The molecule has 1 atom stereocenters. The second-order valence-electron chi connectivity index (χ2n) is 5.27. The second-order valence-corrected chi connectivity index (χ2v) is 7.23. The molecule has 0 bridgehead atoms. The number of hydrogen-bond acceptors (Lipinski definition) is 4. The summed E-state index contributed by atoms with van der Waals surface area (Å²) in [4.78, 5) is 1.08. The van der Waals surface area contributed by atoms with Crippen molar-refractivity contribution in [2.45, 2.75) is 13.0 Å². The van der Waals surface area contributed by atoms with Crippen molar-refractivity contribution in [2.75, 3.05) is 19.3 Å². The van der Waals surface area contributed by atoms with E-state index in [0.717, 1.165) is 22.0 Å². The first-order chi connectivity index (χ1) is 10.3. The molecule has 22 heavy (non-hydrogen) atoms. The van der Waals surface area contributed by atoms with Crippen LogP contribution < -0.4 is 4.90 Å². The van der Waals surface area contributed by atoms with Gasteiger partial charge in [-0.15, -0.1) is 0 Å². The molecule has 0 aliphatic rings. The standard InChI is InChI=1S/C15H18ClNO4S/c1-17(9-2-10-22(18,19)20)11-14-7-8-15(21-14)12-3-5-13(16)6-4-12/h3-8H,2,9-11H2,1H3,(H,18,19,20). The second kappa shape index (κ2) is 7.28. The molecule has 120 valence electrons. The molecular formula is C15H18ClNO4S. The number of rotatable bonds is 7. The van der Waals surface area contributed by atoms with Crippen LogP contribution in [0, 0.1) is 0 Å². The van der Waals surface area contributed by atoms with Gasteiger partial charge >= 0.3 is 0 Å². The zero-order valence-corrected chi connectivity index (χ0v) is 13.8. The summed E-state index contributed by atoms with van der Waals surface area (Å²) in [6, 6.07) is 11.2. The van der Waals surface area contributed by atoms with Gasteiger partial charge in [0.25, 0.3) is 0 Å². The van der Waals surface area contributed by atoms with E-state index in [1.54, 1.807) is 12.1 Å². The number of quaternary nitrogens is 1. The quantitative estimate of drug-likeness (QED) is 0.774. The van der Waals surface area contributed by atoms with E-state index in [0.29, 0.717) is 24.5 Å². The highest BCUT2D eigenvalue weighted by Gasteiger charge is 2.10. The summed E-state index contributed by atoms with van der Waals surface area (Å²) in [6.45, 7) is 1.23. The smallest absolute Gasteiger partial charge is 0.158 e. The van der Waals surface area contributed by atoms with Crippen LogP contribution in [-0.4, -0.2) is 32.3 Å². The summed E-state index contributed by atoms with van der Waals surface area (Å²) >= 11 is 5.85. The van der Waals surface area contributed by atoms with Crippen LogP contribution in [0.4, 0.5) is 0 Å². The molecule has 1 aromatic heterocycles. The van der Waals surface area contributed by atoms with Gasteiger partial charge in [-0.25, -0.2) is 8.42 Å². The molecule has 7 heteroatoms. The molecule has 2 rings (SSSR count). The molecule has 0 radical (unpaired) electrons. The topological polar surface area (TPSA) is 74.8 Å². The molecule has 0 fully saturated rings. The zero-order valence-electron chi connectivity index (χ0n) is 12.2. The lowest BCUT2D eigenvalue weighted by Crippen LogP contribution is -3.07. The van der Waals surface area contributed by atoms with Gasteiger partial charge in [0, 0.05) is 22.8 Å². The van der Waals surface area contributed by atoms with Gasteiger partial charge in [-0.2, -0.15) is 0 Å². The lowest BCUT2D eigenvalue weighted by atomic mass is 10.2. The molecular weight excluding hydrogens is 326 g/mol. The Morgan fingerprint density at radius 2 is 1.86 bits per heavy atom. The molecule has 2 aromatic rings. The Balaban J connectivity index is 1.90. The van der Waals surface area contributed by atoms with Crippen LogP contribution in [0.3, 0.4) is 0 Å². The van der Waals surface area contributed by atoms with Gasteiger partial charge in [0.15, 0.2) is 5.76 Å². The van der Waals surface area contributed by atoms with Crippen molar-refractivity contribution < 1.29 is 22.3 Å². The Hall–Kier alpha value is -1.34. The van der Waals surface area contributed by atoms with E-state index >= 15 is 0 Å². The molecule has 0 amide bonds. The molecule has 5 nitrogen and oxygen atoms in total. The normalized spacial score (nSPS) is 13.2. The van der Waals surface area contributed by atoms with Crippen molar-refractivity contribution in [2.24, 2.45) is 0 Å². The maximum absolute atomic E-state index is 10.6. The molecule has 1 heterocycles. The van der Waals surface area contributed by atoms with Crippen LogP contribution in [0.25, 0.3) is 11.3 Å². The van der Waals surface area contributed by atoms with Crippen LogP contribution >= 0.6 is 11.6 Å². The fourth-order valence-corrected chi connectivity index (χ4v) is 2.80. The molecule has 1 unspecified atom stereocenters. The van der Waals surface area contributed by atoms with Gasteiger partial charge in [0.05, 0.1) is 23.7 Å². The van der Waals surface area contributed by atoms with Crippen LogP contribution in [0.15, 0.2) is 40.8 Å². The minimum atomic E-state index is -4.13. The number of benzene rings is 1. The summed E-state index contributed by atoms with van der Waals surface area (Å²) in [7, 11) is -2.19. The van der Waals surface area contributed by atoms with E-state index < -0.39 is 10.1 Å². The monoisotopic (exact) mass is 343 g/mol. The number of furan rings is 1. The molecule has 0 aliphatic carbocycles. The van der Waals surface area contributed by atoms with E-state index in [1.807, 2.05) is 31.3 Å². The average molecular weight is 344 g/mol. The fourth-order valence-electron chi connectivity index (χ4n) is 2.18. The fraction of sp³-hybridized carbons (Fsp3) is 0.333. The van der Waals surface area contributed by atoms with Crippen molar-refractivity contribution in [3.8, 4) is 11.3 Å². The Morgan fingerprint density at radius 3 is 2.50 bits per heavy atom. The number of halogens is 1. The lowest BCUT2D eigenvalue weighted by Gasteiger charge is -2.13. The largest absolute Gasteiger partial charge is 0.748 e. The minimum absolute atomic E-state index is 0.321. The Kier molecular flexibility index (Phi) is 5.63. The van der Waals surface area contributed by atoms with Gasteiger partial charge in [0.1, 0.15) is 12.3 Å². The first-order valence-corrected chi connectivity index (χ1v) is 8.88. The zero-order chi connectivity index (χ0) is 16.2. The highest BCUT2D eigenvalue weighted by Crippen LogP contribution is 2.23. The van der Waals surface area contributed by atoms with E-state index in [2.05, 4.69) is 0 Å². The van der Waals surface area contributed by atoms with E-state index in [4.69, 9.17) is 16.0 Å². The van der Waals surface area contributed by atoms with E-state index in [1.165, 1.54) is 0 Å². The Bertz CT molecular complexity index is 709. The van der Waals surface area contributed by atoms with Crippen molar-refractivity contribution in [1.82, 2.24) is 0 Å². The third kappa shape index (κ3) is 5.46. The average Bonchev–Trinajstić information content (AvgIpc) is 2.86. The lowest BCUT2D eigenvalue weighted by molar-refractivity contribution is -0.894. The van der Waals surface area contributed by atoms with Gasteiger partial charge in [0.2, 0.25) is 0 Å². The Labute approximate surface area is 135 Å². The van der Waals surface area contributed by atoms with E-state index in [9.17, 15) is 13.0 Å². The van der Waals surface area contributed by atoms with Crippen LogP contribution in [-0.2, 0) is 16.7 Å². The van der Waals surface area contributed by atoms with E-state index in [-0.39, 0.29) is 5.75 Å². The van der Waals surface area contributed by atoms with Crippen molar-refractivity contribution in [1.29, 1.82) is 0 Å². The summed E-state index contributed by atoms with van der Waals surface area (Å²) in [6.07, 6.45) is 0.350. The van der Waals surface area contributed by atoms with Crippen molar-refractivity contribution in [3.05, 3.63) is 47.2 Å². The summed E-state index contributed by atoms with van der Waals surface area (Å²) in [5.41, 5.74) is 0.950.